The normalized spacial score (nSPS) is 9.90. The number of halogens is 1. The van der Waals surface area contributed by atoms with E-state index in [-0.39, 0.29) is 12.0 Å². The number of nitrogens with zero attached hydrogens (tertiary/aromatic N) is 3. The molecule has 0 spiro atoms. The average Bonchev–Trinajstić information content (AvgIpc) is 2.52. The summed E-state index contributed by atoms with van der Waals surface area (Å²) in [6.45, 7) is 0.857. The first-order valence-electron chi connectivity index (χ1n) is 6.50. The fourth-order valence-corrected chi connectivity index (χ4v) is 2.03. The van der Waals surface area contributed by atoms with Gasteiger partial charge in [0.15, 0.2) is 0 Å². The molecule has 0 fully saturated rings. The van der Waals surface area contributed by atoms with Gasteiger partial charge in [-0.1, -0.05) is 6.07 Å². The highest BCUT2D eigenvalue weighted by Crippen LogP contribution is 2.22. The molecular weight excluding hydrogens is 269 g/mol. The van der Waals surface area contributed by atoms with E-state index in [1.807, 2.05) is 12.1 Å². The van der Waals surface area contributed by atoms with E-state index in [1.54, 1.807) is 29.4 Å². The van der Waals surface area contributed by atoms with Crippen molar-refractivity contribution in [2.24, 2.45) is 0 Å². The van der Waals surface area contributed by atoms with Crippen LogP contribution in [-0.4, -0.2) is 17.8 Å². The third-order valence-corrected chi connectivity index (χ3v) is 3.04. The first-order valence-corrected chi connectivity index (χ1v) is 6.50. The molecule has 1 aromatic carbocycles. The van der Waals surface area contributed by atoms with E-state index in [4.69, 9.17) is 5.26 Å². The maximum Gasteiger partial charge on any atom is 0.150 e. The Labute approximate surface area is 122 Å². The third-order valence-electron chi connectivity index (χ3n) is 3.04. The van der Waals surface area contributed by atoms with Gasteiger partial charge in [-0.05, 0) is 29.8 Å². The van der Waals surface area contributed by atoms with Gasteiger partial charge in [0.2, 0.25) is 0 Å². The second-order valence-corrected chi connectivity index (χ2v) is 4.52. The van der Waals surface area contributed by atoms with Gasteiger partial charge in [0.1, 0.15) is 12.1 Å². The molecule has 21 heavy (non-hydrogen) atoms. The molecule has 0 bridgehead atoms. The van der Waals surface area contributed by atoms with Crippen LogP contribution in [0.4, 0.5) is 10.1 Å². The van der Waals surface area contributed by atoms with Crippen LogP contribution in [-0.2, 0) is 6.54 Å². The Kier molecular flexibility index (Phi) is 4.99. The van der Waals surface area contributed by atoms with Crippen molar-refractivity contribution in [2.75, 3.05) is 11.4 Å². The molecule has 5 heteroatoms. The fraction of sp³-hybridized carbons (Fsp3) is 0.188. The molecular formula is C16H14FN3O. The van der Waals surface area contributed by atoms with Gasteiger partial charge >= 0.3 is 0 Å². The van der Waals surface area contributed by atoms with E-state index < -0.39 is 5.82 Å². The number of aromatic nitrogens is 1. The number of hydrogen-bond acceptors (Lipinski definition) is 4. The molecule has 0 radical (unpaired) electrons. The average molecular weight is 283 g/mol. The van der Waals surface area contributed by atoms with E-state index in [2.05, 4.69) is 11.1 Å². The molecule has 0 amide bonds. The number of hydrogen-bond donors (Lipinski definition) is 0. The van der Waals surface area contributed by atoms with Crippen LogP contribution in [0.2, 0.25) is 0 Å². The van der Waals surface area contributed by atoms with E-state index in [9.17, 15) is 9.18 Å². The second-order valence-electron chi connectivity index (χ2n) is 4.52. The smallest absolute Gasteiger partial charge is 0.150 e. The van der Waals surface area contributed by atoms with Crippen molar-refractivity contribution >= 4 is 12.0 Å². The highest BCUT2D eigenvalue weighted by atomic mass is 19.1. The zero-order valence-electron chi connectivity index (χ0n) is 11.4. The van der Waals surface area contributed by atoms with Gasteiger partial charge < -0.3 is 4.90 Å². The SMILES string of the molecule is N#CCCN(Cc1cccnc1)c1ccc(C=O)cc1F. The Morgan fingerprint density at radius 2 is 2.24 bits per heavy atom. The lowest BCUT2D eigenvalue weighted by Gasteiger charge is -2.24. The Bertz CT molecular complexity index is 652. The number of anilines is 1. The van der Waals surface area contributed by atoms with Crippen LogP contribution in [0.15, 0.2) is 42.7 Å². The Balaban J connectivity index is 2.27. The number of aldehydes is 1. The molecule has 1 heterocycles. The van der Waals surface area contributed by atoms with Crippen molar-refractivity contribution in [1.82, 2.24) is 4.98 Å². The Hall–Kier alpha value is -2.74. The van der Waals surface area contributed by atoms with Gasteiger partial charge in [-0.15, -0.1) is 0 Å². The molecule has 2 rings (SSSR count). The van der Waals surface area contributed by atoms with Crippen LogP contribution >= 0.6 is 0 Å². The largest absolute Gasteiger partial charge is 0.364 e. The molecule has 0 aliphatic carbocycles. The lowest BCUT2D eigenvalue weighted by atomic mass is 10.1. The van der Waals surface area contributed by atoms with Gasteiger partial charge in [0, 0.05) is 31.0 Å². The number of rotatable bonds is 6. The summed E-state index contributed by atoms with van der Waals surface area (Å²) in [6, 6.07) is 10.1. The minimum atomic E-state index is -0.471. The summed E-state index contributed by atoms with van der Waals surface area (Å²) in [7, 11) is 0. The summed E-state index contributed by atoms with van der Waals surface area (Å²) in [5.74, 6) is -0.471. The highest BCUT2D eigenvalue weighted by molar-refractivity contribution is 5.76. The number of benzene rings is 1. The summed E-state index contributed by atoms with van der Waals surface area (Å²) >= 11 is 0. The first-order chi connectivity index (χ1) is 10.2. The molecule has 0 N–H and O–H groups in total. The monoisotopic (exact) mass is 283 g/mol. The molecule has 0 atom stereocenters. The quantitative estimate of drug-likeness (QED) is 0.765. The predicted molar refractivity (Wildman–Crippen MR) is 77.3 cm³/mol. The molecule has 4 nitrogen and oxygen atoms in total. The highest BCUT2D eigenvalue weighted by Gasteiger charge is 2.12. The summed E-state index contributed by atoms with van der Waals surface area (Å²) in [5.41, 5.74) is 1.59. The second kappa shape index (κ2) is 7.15. The first kappa shape index (κ1) is 14.7. The minimum Gasteiger partial charge on any atom is -0.364 e. The maximum atomic E-state index is 14.1. The van der Waals surface area contributed by atoms with Crippen molar-refractivity contribution in [3.05, 3.63) is 59.7 Å². The number of nitriles is 1. The van der Waals surface area contributed by atoms with Gasteiger partial charge in [0.05, 0.1) is 18.2 Å². The summed E-state index contributed by atoms with van der Waals surface area (Å²) in [4.78, 5) is 16.5. The molecule has 0 aliphatic rings. The molecule has 0 aliphatic heterocycles. The van der Waals surface area contributed by atoms with E-state index in [0.717, 1.165) is 5.56 Å². The van der Waals surface area contributed by atoms with Gasteiger partial charge in [-0.2, -0.15) is 5.26 Å². The lowest BCUT2D eigenvalue weighted by Crippen LogP contribution is -2.24. The number of carbonyl (C=O) groups is 1. The van der Waals surface area contributed by atoms with Crippen LogP contribution in [0.3, 0.4) is 0 Å². The summed E-state index contributed by atoms with van der Waals surface area (Å²) in [6.07, 6.45) is 4.27. The lowest BCUT2D eigenvalue weighted by molar-refractivity contribution is 0.112. The Morgan fingerprint density at radius 1 is 1.38 bits per heavy atom. The van der Waals surface area contributed by atoms with E-state index in [0.29, 0.717) is 25.1 Å². The molecule has 1 aromatic heterocycles. The van der Waals surface area contributed by atoms with Crippen molar-refractivity contribution in [3.63, 3.8) is 0 Å². The fourth-order valence-electron chi connectivity index (χ4n) is 2.03. The molecule has 2 aromatic rings. The molecule has 0 saturated carbocycles. The zero-order valence-corrected chi connectivity index (χ0v) is 11.4. The van der Waals surface area contributed by atoms with Crippen LogP contribution in [0.25, 0.3) is 0 Å². The van der Waals surface area contributed by atoms with Crippen molar-refractivity contribution in [3.8, 4) is 6.07 Å². The molecule has 0 unspecified atom stereocenters. The van der Waals surface area contributed by atoms with Crippen LogP contribution < -0.4 is 4.90 Å². The summed E-state index contributed by atoms with van der Waals surface area (Å²) < 4.78 is 14.1. The topological polar surface area (TPSA) is 57.0 Å². The van der Waals surface area contributed by atoms with Gasteiger partial charge in [-0.3, -0.25) is 9.78 Å². The number of pyridine rings is 1. The standard InChI is InChI=1S/C16H14FN3O/c17-15-9-13(12-21)4-5-16(15)20(8-2-6-18)11-14-3-1-7-19-10-14/h1,3-5,7,9-10,12H,2,8,11H2. The predicted octanol–water partition coefficient (Wildman–Crippen LogP) is 2.95. The van der Waals surface area contributed by atoms with Crippen molar-refractivity contribution in [2.45, 2.75) is 13.0 Å². The van der Waals surface area contributed by atoms with E-state index in [1.165, 1.54) is 6.07 Å². The zero-order chi connectivity index (χ0) is 15.1. The van der Waals surface area contributed by atoms with Gasteiger partial charge in [-0.25, -0.2) is 4.39 Å². The third kappa shape index (κ3) is 3.86. The molecule has 0 saturated heterocycles. The maximum absolute atomic E-state index is 14.1. The summed E-state index contributed by atoms with van der Waals surface area (Å²) in [5, 5.41) is 8.75. The van der Waals surface area contributed by atoms with Crippen LogP contribution in [0.1, 0.15) is 22.3 Å². The molecule has 106 valence electrons. The van der Waals surface area contributed by atoms with Gasteiger partial charge in [0.25, 0.3) is 0 Å². The van der Waals surface area contributed by atoms with Crippen LogP contribution in [0, 0.1) is 17.1 Å². The Morgan fingerprint density at radius 3 is 2.86 bits per heavy atom. The van der Waals surface area contributed by atoms with Crippen LogP contribution in [0.5, 0.6) is 0 Å². The minimum absolute atomic E-state index is 0.287. The van der Waals surface area contributed by atoms with Crippen molar-refractivity contribution < 1.29 is 9.18 Å². The van der Waals surface area contributed by atoms with Crippen molar-refractivity contribution in [1.29, 1.82) is 5.26 Å². The van der Waals surface area contributed by atoms with E-state index >= 15 is 0 Å². The number of carbonyl (C=O) groups excluding carboxylic acids is 1.